The molecule has 0 radical (unpaired) electrons. The molecule has 0 bridgehead atoms. The summed E-state index contributed by atoms with van der Waals surface area (Å²) in [6.45, 7) is 11.9. The highest BCUT2D eigenvalue weighted by molar-refractivity contribution is 5.92. The molecule has 0 aromatic rings. The number of carbonyl (C=O) groups is 2. The fourth-order valence-electron chi connectivity index (χ4n) is 2.92. The van der Waals surface area contributed by atoms with Gasteiger partial charge in [-0.05, 0) is 18.5 Å². The van der Waals surface area contributed by atoms with E-state index in [-0.39, 0.29) is 5.91 Å². The van der Waals surface area contributed by atoms with Crippen molar-refractivity contribution in [3.8, 4) is 0 Å². The zero-order chi connectivity index (χ0) is 15.9. The second-order valence-corrected chi connectivity index (χ2v) is 5.67. The zero-order valence-corrected chi connectivity index (χ0v) is 13.3. The number of carbonyl (C=O) groups excluding carboxylic acids is 2. The summed E-state index contributed by atoms with van der Waals surface area (Å²) >= 11 is 0. The maximum absolute atomic E-state index is 12.6. The summed E-state index contributed by atoms with van der Waals surface area (Å²) in [5.41, 5.74) is -1.03. The summed E-state index contributed by atoms with van der Waals surface area (Å²) in [7, 11) is 0. The van der Waals surface area contributed by atoms with Crippen LogP contribution in [0.2, 0.25) is 0 Å². The Balaban J connectivity index is 2.91. The van der Waals surface area contributed by atoms with E-state index >= 15 is 0 Å². The first-order chi connectivity index (χ1) is 10.0. The van der Waals surface area contributed by atoms with Gasteiger partial charge in [0.05, 0.1) is 0 Å². The quantitative estimate of drug-likeness (QED) is 0.483. The Morgan fingerprint density at radius 3 is 2.67 bits per heavy atom. The molecule has 1 heterocycles. The lowest BCUT2D eigenvalue weighted by Gasteiger charge is -2.30. The minimum absolute atomic E-state index is 0.150. The Kier molecular flexibility index (Phi) is 6.66. The molecular weight excluding hydrogens is 266 g/mol. The first-order valence-corrected chi connectivity index (χ1v) is 7.82. The van der Waals surface area contributed by atoms with Gasteiger partial charge in [-0.2, -0.15) is 0 Å². The van der Waals surface area contributed by atoms with Crippen molar-refractivity contribution in [1.82, 2.24) is 4.90 Å². The van der Waals surface area contributed by atoms with Gasteiger partial charge in [0.15, 0.2) is 5.60 Å². The molecule has 21 heavy (non-hydrogen) atoms. The van der Waals surface area contributed by atoms with E-state index in [1.165, 1.54) is 6.20 Å². The summed E-state index contributed by atoms with van der Waals surface area (Å²) in [4.78, 5) is 25.8. The van der Waals surface area contributed by atoms with Gasteiger partial charge in [-0.1, -0.05) is 52.7 Å². The molecule has 0 aromatic carbocycles. The third kappa shape index (κ3) is 4.19. The SMILES string of the molecule is C=CC(=O)OC1(CC(CC)CCCC)CCN(C=C)C1=O. The van der Waals surface area contributed by atoms with Gasteiger partial charge < -0.3 is 9.64 Å². The van der Waals surface area contributed by atoms with Crippen LogP contribution in [0.25, 0.3) is 0 Å². The highest BCUT2D eigenvalue weighted by Gasteiger charge is 2.50. The van der Waals surface area contributed by atoms with Gasteiger partial charge in [0, 0.05) is 19.0 Å². The van der Waals surface area contributed by atoms with E-state index in [1.807, 2.05) is 0 Å². The monoisotopic (exact) mass is 293 g/mol. The van der Waals surface area contributed by atoms with E-state index < -0.39 is 11.6 Å². The van der Waals surface area contributed by atoms with Crippen LogP contribution in [0.3, 0.4) is 0 Å². The number of hydrogen-bond donors (Lipinski definition) is 0. The van der Waals surface area contributed by atoms with Crippen molar-refractivity contribution < 1.29 is 14.3 Å². The first kappa shape index (κ1) is 17.5. The van der Waals surface area contributed by atoms with Crippen LogP contribution in [0.4, 0.5) is 0 Å². The molecule has 118 valence electrons. The number of likely N-dealkylation sites (tertiary alicyclic amines) is 1. The van der Waals surface area contributed by atoms with E-state index in [9.17, 15) is 9.59 Å². The van der Waals surface area contributed by atoms with Gasteiger partial charge in [-0.25, -0.2) is 4.79 Å². The van der Waals surface area contributed by atoms with Gasteiger partial charge in [-0.3, -0.25) is 4.79 Å². The lowest BCUT2D eigenvalue weighted by molar-refractivity contribution is -0.165. The summed E-state index contributed by atoms with van der Waals surface area (Å²) in [6.07, 6.45) is 8.05. The lowest BCUT2D eigenvalue weighted by atomic mass is 9.84. The highest BCUT2D eigenvalue weighted by Crippen LogP contribution is 2.36. The number of nitrogens with zero attached hydrogens (tertiary/aromatic N) is 1. The predicted octanol–water partition coefficient (Wildman–Crippen LogP) is 3.44. The third-order valence-corrected chi connectivity index (χ3v) is 4.25. The summed E-state index contributed by atoms with van der Waals surface area (Å²) in [6, 6.07) is 0. The Morgan fingerprint density at radius 1 is 1.48 bits per heavy atom. The summed E-state index contributed by atoms with van der Waals surface area (Å²) < 4.78 is 5.51. The average molecular weight is 293 g/mol. The van der Waals surface area contributed by atoms with E-state index in [1.54, 1.807) is 4.90 Å². The van der Waals surface area contributed by atoms with E-state index in [2.05, 4.69) is 27.0 Å². The van der Waals surface area contributed by atoms with Crippen molar-refractivity contribution in [3.63, 3.8) is 0 Å². The van der Waals surface area contributed by atoms with Crippen LogP contribution in [0.1, 0.15) is 52.4 Å². The van der Waals surface area contributed by atoms with Crippen molar-refractivity contribution in [2.24, 2.45) is 5.92 Å². The Bertz CT molecular complexity index is 405. The number of amides is 1. The van der Waals surface area contributed by atoms with Crippen LogP contribution in [0.5, 0.6) is 0 Å². The molecule has 4 nitrogen and oxygen atoms in total. The lowest BCUT2D eigenvalue weighted by Crippen LogP contribution is -2.44. The summed E-state index contributed by atoms with van der Waals surface area (Å²) in [5.74, 6) is -0.293. The van der Waals surface area contributed by atoms with Crippen molar-refractivity contribution in [2.75, 3.05) is 6.54 Å². The standard InChI is InChI=1S/C17H27NO3/c1-5-9-10-14(6-2)13-17(21-15(19)7-3)11-12-18(8-4)16(17)20/h7-8,14H,3-6,9-13H2,1-2H3. The van der Waals surface area contributed by atoms with E-state index in [0.29, 0.717) is 25.3 Å². The van der Waals surface area contributed by atoms with Gasteiger partial charge in [0.2, 0.25) is 0 Å². The van der Waals surface area contributed by atoms with Crippen molar-refractivity contribution >= 4 is 11.9 Å². The molecule has 1 saturated heterocycles. The smallest absolute Gasteiger partial charge is 0.331 e. The molecule has 0 saturated carbocycles. The van der Waals surface area contributed by atoms with Gasteiger partial charge in [-0.15, -0.1) is 0 Å². The maximum Gasteiger partial charge on any atom is 0.331 e. The van der Waals surface area contributed by atoms with E-state index in [0.717, 1.165) is 31.8 Å². The molecule has 0 aromatic heterocycles. The average Bonchev–Trinajstić information content (AvgIpc) is 2.80. The molecule has 0 spiro atoms. The molecule has 2 unspecified atom stereocenters. The molecule has 1 amide bonds. The first-order valence-electron chi connectivity index (χ1n) is 7.82. The minimum Gasteiger partial charge on any atom is -0.446 e. The highest BCUT2D eigenvalue weighted by atomic mass is 16.6. The largest absolute Gasteiger partial charge is 0.446 e. The van der Waals surface area contributed by atoms with Crippen molar-refractivity contribution in [1.29, 1.82) is 0 Å². The Morgan fingerprint density at radius 2 is 2.19 bits per heavy atom. The van der Waals surface area contributed by atoms with Crippen LogP contribution in [0, 0.1) is 5.92 Å². The van der Waals surface area contributed by atoms with Crippen molar-refractivity contribution in [3.05, 3.63) is 25.4 Å². The fraction of sp³-hybridized carbons (Fsp3) is 0.647. The van der Waals surface area contributed by atoms with Gasteiger partial charge in [0.25, 0.3) is 5.91 Å². The molecular formula is C17H27NO3. The van der Waals surface area contributed by atoms with Crippen LogP contribution in [-0.4, -0.2) is 28.9 Å². The topological polar surface area (TPSA) is 46.6 Å². The van der Waals surface area contributed by atoms with Gasteiger partial charge in [0.1, 0.15) is 0 Å². The number of esters is 1. The Labute approximate surface area is 127 Å². The second kappa shape index (κ2) is 8.01. The molecule has 2 atom stereocenters. The Hall–Kier alpha value is -1.58. The van der Waals surface area contributed by atoms with Gasteiger partial charge >= 0.3 is 5.97 Å². The zero-order valence-electron chi connectivity index (χ0n) is 13.3. The number of hydrogen-bond acceptors (Lipinski definition) is 3. The normalized spacial score (nSPS) is 23.0. The van der Waals surface area contributed by atoms with Crippen LogP contribution in [0.15, 0.2) is 25.4 Å². The second-order valence-electron chi connectivity index (χ2n) is 5.67. The predicted molar refractivity (Wildman–Crippen MR) is 83.5 cm³/mol. The molecule has 1 aliphatic rings. The number of rotatable bonds is 9. The fourth-order valence-corrected chi connectivity index (χ4v) is 2.92. The molecule has 0 aliphatic carbocycles. The molecule has 0 N–H and O–H groups in total. The number of unbranched alkanes of at least 4 members (excludes halogenated alkanes) is 1. The summed E-state index contributed by atoms with van der Waals surface area (Å²) in [5, 5.41) is 0. The van der Waals surface area contributed by atoms with E-state index in [4.69, 9.17) is 4.74 Å². The van der Waals surface area contributed by atoms with Crippen LogP contribution < -0.4 is 0 Å². The molecule has 1 fully saturated rings. The van der Waals surface area contributed by atoms with Crippen LogP contribution in [-0.2, 0) is 14.3 Å². The number of ether oxygens (including phenoxy) is 1. The third-order valence-electron chi connectivity index (χ3n) is 4.25. The van der Waals surface area contributed by atoms with Crippen molar-refractivity contribution in [2.45, 2.75) is 58.0 Å². The van der Waals surface area contributed by atoms with Crippen LogP contribution >= 0.6 is 0 Å². The molecule has 1 aliphatic heterocycles. The maximum atomic E-state index is 12.6. The minimum atomic E-state index is -1.03. The molecule has 1 rings (SSSR count). The molecule has 4 heteroatoms.